The molecule has 1 saturated heterocycles. The number of carboxylic acids is 1. The number of aromatic amines is 1. The molecule has 0 saturated carbocycles. The Bertz CT molecular complexity index is 1530. The molecular weight excluding hydrogens is 576 g/mol. The van der Waals surface area contributed by atoms with Gasteiger partial charge in [-0.15, -0.1) is 0 Å². The summed E-state index contributed by atoms with van der Waals surface area (Å²) in [5, 5.41) is 27.8. The molecule has 8 nitrogen and oxygen atoms in total. The zero-order chi connectivity index (χ0) is 33.3. The number of hydrogen-bond donors (Lipinski definition) is 3. The van der Waals surface area contributed by atoms with Gasteiger partial charge >= 0.3 is 5.97 Å². The summed E-state index contributed by atoms with van der Waals surface area (Å²) in [6, 6.07) is 23.4. The number of aromatic hydroxyl groups is 1. The summed E-state index contributed by atoms with van der Waals surface area (Å²) in [5.41, 5.74) is 3.53. The van der Waals surface area contributed by atoms with E-state index in [2.05, 4.69) is 73.8 Å². The fraction of sp³-hybridized carbons (Fsp3) is 0.447. The van der Waals surface area contributed by atoms with Gasteiger partial charge in [-0.2, -0.15) is 5.10 Å². The molecule has 1 fully saturated rings. The highest BCUT2D eigenvalue weighted by Gasteiger charge is 2.41. The van der Waals surface area contributed by atoms with Gasteiger partial charge in [0.1, 0.15) is 11.5 Å². The van der Waals surface area contributed by atoms with Crippen LogP contribution in [0, 0.1) is 16.7 Å². The van der Waals surface area contributed by atoms with Crippen molar-refractivity contribution in [2.75, 3.05) is 19.7 Å². The van der Waals surface area contributed by atoms with Gasteiger partial charge in [0.05, 0.1) is 12.0 Å². The smallest absolute Gasteiger partial charge is 0.309 e. The molecule has 0 atom stereocenters. The standard InChI is InChI=1S/C33H38N4O4.C5H12/c1-23(2)20-26-12-13-27(21-29(26)38)31-34-30(35-36-31)25-10-8-24(9-11-25)22-37-17-14-33(15-18-37,32(39)40)16-19-41-28-6-4-3-5-7-28;1-5(2,3)4/h3-13,21,23,38H,14-20,22H2,1-2H3,(H,39,40)(H,34,35,36);1-4H3. The van der Waals surface area contributed by atoms with Crippen LogP contribution in [0.5, 0.6) is 11.5 Å². The second kappa shape index (κ2) is 15.4. The molecule has 0 amide bonds. The SMILES string of the molecule is CC(C)(C)C.CC(C)Cc1ccc(-c2n[nH]c(-c3ccc(CN4CCC(CCOc5ccccc5)(C(=O)O)CC4)cc3)n2)cc1O. The lowest BCUT2D eigenvalue weighted by Crippen LogP contribution is -2.44. The molecule has 0 spiro atoms. The van der Waals surface area contributed by atoms with Crippen molar-refractivity contribution in [1.82, 2.24) is 20.1 Å². The van der Waals surface area contributed by atoms with E-state index in [9.17, 15) is 15.0 Å². The third kappa shape index (κ3) is 10.2. The molecular formula is C38H50N4O4. The van der Waals surface area contributed by atoms with Gasteiger partial charge in [-0.3, -0.25) is 14.8 Å². The molecule has 3 N–H and O–H groups in total. The van der Waals surface area contributed by atoms with E-state index in [-0.39, 0.29) is 5.75 Å². The lowest BCUT2D eigenvalue weighted by molar-refractivity contribution is -0.153. The van der Waals surface area contributed by atoms with Crippen molar-refractivity contribution in [3.8, 4) is 34.3 Å². The summed E-state index contributed by atoms with van der Waals surface area (Å²) < 4.78 is 5.80. The molecule has 8 heteroatoms. The molecule has 2 heterocycles. The molecule has 0 aliphatic carbocycles. The number of carbonyl (C=O) groups is 1. The number of piperidine rings is 1. The van der Waals surface area contributed by atoms with Gasteiger partial charge in [0.15, 0.2) is 11.6 Å². The largest absolute Gasteiger partial charge is 0.508 e. The number of aromatic nitrogens is 3. The van der Waals surface area contributed by atoms with Crippen molar-refractivity contribution >= 4 is 5.97 Å². The Balaban J connectivity index is 0.000000892. The summed E-state index contributed by atoms with van der Waals surface area (Å²) in [6.07, 6.45) is 2.53. The average molecular weight is 627 g/mol. The van der Waals surface area contributed by atoms with Crippen molar-refractivity contribution in [3.63, 3.8) is 0 Å². The van der Waals surface area contributed by atoms with E-state index < -0.39 is 11.4 Å². The van der Waals surface area contributed by atoms with Crippen LogP contribution >= 0.6 is 0 Å². The summed E-state index contributed by atoms with van der Waals surface area (Å²) in [6.45, 7) is 15.6. The minimum absolute atomic E-state index is 0.269. The number of nitrogens with one attached hydrogen (secondary N) is 1. The minimum Gasteiger partial charge on any atom is -0.508 e. The third-order valence-corrected chi connectivity index (χ3v) is 7.95. The highest BCUT2D eigenvalue weighted by atomic mass is 16.5. The van der Waals surface area contributed by atoms with Crippen LogP contribution in [0.4, 0.5) is 0 Å². The molecule has 0 bridgehead atoms. The van der Waals surface area contributed by atoms with Gasteiger partial charge in [0, 0.05) is 17.7 Å². The van der Waals surface area contributed by atoms with E-state index in [4.69, 9.17) is 4.74 Å². The van der Waals surface area contributed by atoms with E-state index in [1.165, 1.54) is 0 Å². The first-order chi connectivity index (χ1) is 21.8. The highest BCUT2D eigenvalue weighted by Crippen LogP contribution is 2.36. The van der Waals surface area contributed by atoms with Crippen molar-refractivity contribution in [2.45, 2.75) is 73.8 Å². The number of aliphatic carboxylic acids is 1. The number of rotatable bonds is 11. The number of hydrogen-bond acceptors (Lipinski definition) is 6. The molecule has 1 aromatic heterocycles. The van der Waals surface area contributed by atoms with Crippen molar-refractivity contribution < 1.29 is 19.7 Å². The summed E-state index contributed by atoms with van der Waals surface area (Å²) in [4.78, 5) is 19.2. The predicted octanol–water partition coefficient (Wildman–Crippen LogP) is 8.23. The van der Waals surface area contributed by atoms with Crippen LogP contribution in [0.1, 0.15) is 71.9 Å². The number of H-pyrrole nitrogens is 1. The molecule has 246 valence electrons. The maximum Gasteiger partial charge on any atom is 0.309 e. The molecule has 1 aliphatic rings. The molecule has 1 aliphatic heterocycles. The Morgan fingerprint density at radius 1 is 0.978 bits per heavy atom. The number of phenolic OH excluding ortho intramolecular Hbond substituents is 1. The predicted molar refractivity (Wildman–Crippen MR) is 184 cm³/mol. The van der Waals surface area contributed by atoms with Gasteiger partial charge in [0.25, 0.3) is 0 Å². The molecule has 0 unspecified atom stereocenters. The molecule has 5 rings (SSSR count). The Kier molecular flexibility index (Phi) is 11.6. The summed E-state index contributed by atoms with van der Waals surface area (Å²) >= 11 is 0. The number of carboxylic acid groups (broad SMARTS) is 1. The Labute approximate surface area is 273 Å². The first kappa shape index (κ1) is 34.7. The van der Waals surface area contributed by atoms with Crippen LogP contribution in [0.25, 0.3) is 22.8 Å². The van der Waals surface area contributed by atoms with Gasteiger partial charge in [-0.05, 0) is 79.4 Å². The number of ether oxygens (including phenoxy) is 1. The third-order valence-electron chi connectivity index (χ3n) is 7.95. The lowest BCUT2D eigenvalue weighted by atomic mass is 9.76. The van der Waals surface area contributed by atoms with Crippen molar-refractivity contribution in [1.29, 1.82) is 0 Å². The second-order valence-electron chi connectivity index (χ2n) is 14.4. The zero-order valence-electron chi connectivity index (χ0n) is 28.2. The molecule has 0 radical (unpaired) electrons. The highest BCUT2D eigenvalue weighted by molar-refractivity contribution is 5.74. The maximum absolute atomic E-state index is 12.2. The maximum atomic E-state index is 12.2. The van der Waals surface area contributed by atoms with E-state index in [1.807, 2.05) is 54.6 Å². The molecule has 3 aromatic carbocycles. The normalized spacial score (nSPS) is 14.8. The van der Waals surface area contributed by atoms with Gasteiger partial charge in [0.2, 0.25) is 0 Å². The fourth-order valence-corrected chi connectivity index (χ4v) is 5.45. The van der Waals surface area contributed by atoms with E-state index in [1.54, 1.807) is 6.07 Å². The minimum atomic E-state index is -0.745. The average Bonchev–Trinajstić information content (AvgIpc) is 3.49. The Morgan fingerprint density at radius 3 is 2.20 bits per heavy atom. The van der Waals surface area contributed by atoms with Gasteiger partial charge in [-0.25, -0.2) is 4.98 Å². The van der Waals surface area contributed by atoms with Crippen LogP contribution in [0.15, 0.2) is 72.8 Å². The topological polar surface area (TPSA) is 112 Å². The van der Waals surface area contributed by atoms with Gasteiger partial charge < -0.3 is 14.9 Å². The van der Waals surface area contributed by atoms with Crippen molar-refractivity contribution in [2.24, 2.45) is 16.7 Å². The first-order valence-corrected chi connectivity index (χ1v) is 16.3. The number of nitrogens with zero attached hydrogens (tertiary/aromatic N) is 3. The lowest BCUT2D eigenvalue weighted by Gasteiger charge is -2.39. The first-order valence-electron chi connectivity index (χ1n) is 16.3. The second-order valence-corrected chi connectivity index (χ2v) is 14.4. The van der Waals surface area contributed by atoms with Crippen LogP contribution < -0.4 is 4.74 Å². The van der Waals surface area contributed by atoms with Crippen LogP contribution in [-0.2, 0) is 17.8 Å². The van der Waals surface area contributed by atoms with Crippen LogP contribution in [0.3, 0.4) is 0 Å². The van der Waals surface area contributed by atoms with Gasteiger partial charge in [-0.1, -0.05) is 96.1 Å². The number of phenols is 1. The van der Waals surface area contributed by atoms with E-state index in [0.29, 0.717) is 48.9 Å². The molecule has 46 heavy (non-hydrogen) atoms. The number of benzene rings is 3. The monoisotopic (exact) mass is 626 g/mol. The van der Waals surface area contributed by atoms with Crippen LogP contribution in [-0.4, -0.2) is 56.0 Å². The Hall–Kier alpha value is -4.17. The Morgan fingerprint density at radius 2 is 1.61 bits per heavy atom. The molecule has 4 aromatic rings. The quantitative estimate of drug-likeness (QED) is 0.154. The fourth-order valence-electron chi connectivity index (χ4n) is 5.45. The number of likely N-dealkylation sites (tertiary alicyclic amines) is 1. The van der Waals surface area contributed by atoms with Crippen LogP contribution in [0.2, 0.25) is 0 Å². The summed E-state index contributed by atoms with van der Waals surface area (Å²) in [5.74, 6) is 1.98. The summed E-state index contributed by atoms with van der Waals surface area (Å²) in [7, 11) is 0. The number of para-hydroxylation sites is 1. The van der Waals surface area contributed by atoms with Crippen molar-refractivity contribution in [3.05, 3.63) is 83.9 Å². The van der Waals surface area contributed by atoms with E-state index in [0.717, 1.165) is 54.1 Å². The van der Waals surface area contributed by atoms with E-state index >= 15 is 0 Å². The zero-order valence-corrected chi connectivity index (χ0v) is 28.2.